The molecule has 0 unspecified atom stereocenters. The largest absolute Gasteiger partial charge is 0.349 e. The van der Waals surface area contributed by atoms with Crippen LogP contribution in [0.2, 0.25) is 0 Å². The van der Waals surface area contributed by atoms with Crippen molar-refractivity contribution in [3.8, 4) is 11.4 Å². The number of nitrogens with one attached hydrogen (secondary N) is 1. The standard InChI is InChI=1S/C17H20N6O/c1-12-9-15(22(3)21-12)17(24)19-7-8-23-13(2)10-20-16(23)14-5-4-6-18-11-14/h4-6,9-11H,7-8H2,1-3H3,(H,19,24). The minimum Gasteiger partial charge on any atom is -0.349 e. The monoisotopic (exact) mass is 324 g/mol. The van der Waals surface area contributed by atoms with Gasteiger partial charge in [0.2, 0.25) is 0 Å². The third kappa shape index (κ3) is 3.19. The van der Waals surface area contributed by atoms with Gasteiger partial charge in [0.15, 0.2) is 0 Å². The first-order valence-electron chi connectivity index (χ1n) is 7.77. The lowest BCUT2D eigenvalue weighted by atomic mass is 10.2. The van der Waals surface area contributed by atoms with Gasteiger partial charge in [0.05, 0.1) is 5.69 Å². The zero-order chi connectivity index (χ0) is 17.1. The van der Waals surface area contributed by atoms with Gasteiger partial charge >= 0.3 is 0 Å². The Morgan fingerprint density at radius 1 is 1.29 bits per heavy atom. The molecule has 0 aliphatic heterocycles. The number of nitrogens with zero attached hydrogens (tertiary/aromatic N) is 5. The van der Waals surface area contributed by atoms with Crippen LogP contribution in [0.15, 0.2) is 36.8 Å². The lowest BCUT2D eigenvalue weighted by Gasteiger charge is -2.11. The average molecular weight is 324 g/mol. The first kappa shape index (κ1) is 15.9. The molecule has 0 spiro atoms. The van der Waals surface area contributed by atoms with Crippen molar-refractivity contribution in [3.63, 3.8) is 0 Å². The van der Waals surface area contributed by atoms with Crippen LogP contribution in [0.5, 0.6) is 0 Å². The van der Waals surface area contributed by atoms with Crippen molar-refractivity contribution >= 4 is 5.91 Å². The molecule has 0 aliphatic carbocycles. The Balaban J connectivity index is 1.68. The van der Waals surface area contributed by atoms with E-state index in [1.54, 1.807) is 30.2 Å². The molecule has 3 aromatic heterocycles. The molecular weight excluding hydrogens is 304 g/mol. The summed E-state index contributed by atoms with van der Waals surface area (Å²) in [6.07, 6.45) is 5.35. The summed E-state index contributed by atoms with van der Waals surface area (Å²) in [5, 5.41) is 7.12. The average Bonchev–Trinajstić information content (AvgIpc) is 3.10. The molecule has 3 rings (SSSR count). The van der Waals surface area contributed by atoms with Crippen LogP contribution in [-0.2, 0) is 13.6 Å². The maximum atomic E-state index is 12.2. The molecule has 24 heavy (non-hydrogen) atoms. The fourth-order valence-corrected chi connectivity index (χ4v) is 2.66. The molecular formula is C17H20N6O. The summed E-state index contributed by atoms with van der Waals surface area (Å²) in [5.74, 6) is 0.727. The summed E-state index contributed by atoms with van der Waals surface area (Å²) in [6, 6.07) is 5.64. The van der Waals surface area contributed by atoms with E-state index in [1.165, 1.54) is 0 Å². The van der Waals surface area contributed by atoms with E-state index in [9.17, 15) is 4.79 Å². The number of imidazole rings is 1. The Bertz CT molecular complexity index is 849. The van der Waals surface area contributed by atoms with Gasteiger partial charge in [-0.1, -0.05) is 0 Å². The second-order valence-corrected chi connectivity index (χ2v) is 5.67. The highest BCUT2D eigenvalue weighted by Gasteiger charge is 2.13. The van der Waals surface area contributed by atoms with Crippen LogP contribution in [0.1, 0.15) is 21.9 Å². The topological polar surface area (TPSA) is 77.6 Å². The highest BCUT2D eigenvalue weighted by molar-refractivity contribution is 5.92. The molecule has 7 nitrogen and oxygen atoms in total. The number of hydrogen-bond acceptors (Lipinski definition) is 4. The Morgan fingerprint density at radius 3 is 2.79 bits per heavy atom. The molecule has 0 saturated heterocycles. The molecule has 7 heteroatoms. The smallest absolute Gasteiger partial charge is 0.269 e. The van der Waals surface area contributed by atoms with Crippen LogP contribution in [0, 0.1) is 13.8 Å². The summed E-state index contributed by atoms with van der Waals surface area (Å²) < 4.78 is 3.67. The van der Waals surface area contributed by atoms with E-state index in [-0.39, 0.29) is 5.91 Å². The highest BCUT2D eigenvalue weighted by Crippen LogP contribution is 2.17. The molecule has 0 aromatic carbocycles. The van der Waals surface area contributed by atoms with Crippen LogP contribution < -0.4 is 5.32 Å². The number of amides is 1. The number of aromatic nitrogens is 5. The number of rotatable bonds is 5. The van der Waals surface area contributed by atoms with Gasteiger partial charge < -0.3 is 9.88 Å². The van der Waals surface area contributed by atoms with Gasteiger partial charge in [-0.25, -0.2) is 4.98 Å². The van der Waals surface area contributed by atoms with E-state index in [0.29, 0.717) is 18.8 Å². The van der Waals surface area contributed by atoms with Crippen molar-refractivity contribution in [2.45, 2.75) is 20.4 Å². The fraction of sp³-hybridized carbons (Fsp3) is 0.294. The molecule has 0 bridgehead atoms. The van der Waals surface area contributed by atoms with E-state index < -0.39 is 0 Å². The van der Waals surface area contributed by atoms with E-state index in [4.69, 9.17) is 0 Å². The Kier molecular flexibility index (Phi) is 4.41. The van der Waals surface area contributed by atoms with Crippen molar-refractivity contribution in [3.05, 3.63) is 53.9 Å². The summed E-state index contributed by atoms with van der Waals surface area (Å²) in [7, 11) is 1.77. The summed E-state index contributed by atoms with van der Waals surface area (Å²) in [6.45, 7) is 5.01. The minimum atomic E-state index is -0.126. The van der Waals surface area contributed by atoms with Gasteiger partial charge in [-0.15, -0.1) is 0 Å². The molecule has 0 saturated carbocycles. The van der Waals surface area contributed by atoms with Crippen molar-refractivity contribution in [2.24, 2.45) is 7.05 Å². The number of aryl methyl sites for hydroxylation is 3. The van der Waals surface area contributed by atoms with Gasteiger partial charge in [0, 0.05) is 50.0 Å². The van der Waals surface area contributed by atoms with Crippen molar-refractivity contribution < 1.29 is 4.79 Å². The second-order valence-electron chi connectivity index (χ2n) is 5.67. The SMILES string of the molecule is Cc1cc(C(=O)NCCn2c(C)cnc2-c2cccnc2)n(C)n1. The first-order valence-corrected chi connectivity index (χ1v) is 7.77. The van der Waals surface area contributed by atoms with Gasteiger partial charge in [0.1, 0.15) is 11.5 Å². The fourth-order valence-electron chi connectivity index (χ4n) is 2.66. The van der Waals surface area contributed by atoms with Gasteiger partial charge in [-0.2, -0.15) is 5.10 Å². The quantitative estimate of drug-likeness (QED) is 0.775. The summed E-state index contributed by atoms with van der Waals surface area (Å²) in [4.78, 5) is 20.8. The molecule has 0 fully saturated rings. The number of carbonyl (C=O) groups is 1. The Hall–Kier alpha value is -2.96. The van der Waals surface area contributed by atoms with Gasteiger partial charge in [-0.3, -0.25) is 14.5 Å². The number of carbonyl (C=O) groups excluding carboxylic acids is 1. The van der Waals surface area contributed by atoms with Crippen LogP contribution in [0.4, 0.5) is 0 Å². The predicted octanol–water partition coefficient (Wildman–Crippen LogP) is 1.73. The third-order valence-electron chi connectivity index (χ3n) is 3.83. The van der Waals surface area contributed by atoms with E-state index in [1.807, 2.05) is 32.2 Å². The van der Waals surface area contributed by atoms with Crippen LogP contribution in [0.25, 0.3) is 11.4 Å². The number of pyridine rings is 1. The van der Waals surface area contributed by atoms with Crippen molar-refractivity contribution in [2.75, 3.05) is 6.54 Å². The van der Waals surface area contributed by atoms with Crippen LogP contribution in [0.3, 0.4) is 0 Å². The molecule has 124 valence electrons. The zero-order valence-electron chi connectivity index (χ0n) is 14.0. The van der Waals surface area contributed by atoms with Crippen molar-refractivity contribution in [1.29, 1.82) is 0 Å². The first-order chi connectivity index (χ1) is 11.6. The molecule has 0 aliphatic rings. The van der Waals surface area contributed by atoms with E-state index in [0.717, 1.165) is 22.8 Å². The maximum absolute atomic E-state index is 12.2. The minimum absolute atomic E-state index is 0.126. The van der Waals surface area contributed by atoms with E-state index >= 15 is 0 Å². The Morgan fingerprint density at radius 2 is 2.12 bits per heavy atom. The Labute approximate surface area is 140 Å². The molecule has 3 aromatic rings. The highest BCUT2D eigenvalue weighted by atomic mass is 16.2. The van der Waals surface area contributed by atoms with Crippen molar-refractivity contribution in [1.82, 2.24) is 29.6 Å². The van der Waals surface area contributed by atoms with Gasteiger partial charge in [0.25, 0.3) is 5.91 Å². The van der Waals surface area contributed by atoms with Crippen LogP contribution >= 0.6 is 0 Å². The maximum Gasteiger partial charge on any atom is 0.269 e. The second kappa shape index (κ2) is 6.66. The van der Waals surface area contributed by atoms with E-state index in [2.05, 4.69) is 25.0 Å². The molecule has 3 heterocycles. The third-order valence-corrected chi connectivity index (χ3v) is 3.83. The van der Waals surface area contributed by atoms with Gasteiger partial charge in [-0.05, 0) is 32.0 Å². The summed E-state index contributed by atoms with van der Waals surface area (Å²) in [5.41, 5.74) is 3.38. The molecule has 0 radical (unpaired) electrons. The zero-order valence-corrected chi connectivity index (χ0v) is 14.0. The normalized spacial score (nSPS) is 10.8. The summed E-state index contributed by atoms with van der Waals surface area (Å²) >= 11 is 0. The molecule has 1 N–H and O–H groups in total. The van der Waals surface area contributed by atoms with Crippen LogP contribution in [-0.4, -0.2) is 36.8 Å². The molecule has 0 atom stereocenters. The number of hydrogen-bond donors (Lipinski definition) is 1. The molecule has 1 amide bonds. The predicted molar refractivity (Wildman–Crippen MR) is 90.5 cm³/mol. The lowest BCUT2D eigenvalue weighted by molar-refractivity contribution is 0.0943. The lowest BCUT2D eigenvalue weighted by Crippen LogP contribution is -2.29.